The van der Waals surface area contributed by atoms with Crippen molar-refractivity contribution in [3.05, 3.63) is 47.7 Å². The first-order valence-electron chi connectivity index (χ1n) is 5.78. The third kappa shape index (κ3) is 3.38. The highest BCUT2D eigenvalue weighted by Crippen LogP contribution is 2.11. The van der Waals surface area contributed by atoms with E-state index in [1.54, 1.807) is 6.26 Å². The molecule has 0 saturated carbocycles. The summed E-state index contributed by atoms with van der Waals surface area (Å²) in [5.41, 5.74) is 2.50. The molecule has 0 aliphatic carbocycles. The minimum absolute atomic E-state index is 0.232. The minimum atomic E-state index is 0.232. The molecule has 0 spiro atoms. The predicted octanol–water partition coefficient (Wildman–Crippen LogP) is 3.20. The second-order valence-corrected chi connectivity index (χ2v) is 4.21. The molecular formula is C14H18O2. The smallest absolute Gasteiger partial charge is 0.121 e. The Morgan fingerprint density at radius 1 is 1.31 bits per heavy atom. The zero-order valence-corrected chi connectivity index (χ0v) is 9.69. The summed E-state index contributed by atoms with van der Waals surface area (Å²) in [7, 11) is 0. The van der Waals surface area contributed by atoms with Crippen molar-refractivity contribution in [1.29, 1.82) is 0 Å². The van der Waals surface area contributed by atoms with Gasteiger partial charge in [-0.15, -0.1) is 0 Å². The second kappa shape index (κ2) is 5.71. The summed E-state index contributed by atoms with van der Waals surface area (Å²) in [5.74, 6) is 0. The Morgan fingerprint density at radius 3 is 2.81 bits per heavy atom. The molecule has 0 fully saturated rings. The maximum Gasteiger partial charge on any atom is 0.121 e. The zero-order valence-electron chi connectivity index (χ0n) is 9.69. The molecule has 2 heteroatoms. The van der Waals surface area contributed by atoms with E-state index in [0.29, 0.717) is 13.2 Å². The van der Waals surface area contributed by atoms with Gasteiger partial charge in [-0.2, -0.15) is 0 Å². The van der Waals surface area contributed by atoms with Gasteiger partial charge in [-0.25, -0.2) is 0 Å². The Morgan fingerprint density at radius 2 is 2.12 bits per heavy atom. The number of hydrogen-bond donors (Lipinski definition) is 0. The Kier molecular flexibility index (Phi) is 4.00. The average molecular weight is 218 g/mol. The fraction of sp³-hybridized carbons (Fsp3) is 0.429. The molecule has 0 bridgehead atoms. The summed E-state index contributed by atoms with van der Waals surface area (Å²) >= 11 is 0. The zero-order chi connectivity index (χ0) is 11.2. The standard InChI is InChI=1S/C14H18O2/c1-12-5-7-13(8-6-12)10-15-11-14-4-2-3-9-16-14/h3,5-9,14H,2,4,10-11H2,1H3. The van der Waals surface area contributed by atoms with Crippen LogP contribution in [0.3, 0.4) is 0 Å². The Labute approximate surface area is 96.9 Å². The molecule has 1 atom stereocenters. The van der Waals surface area contributed by atoms with Crippen LogP contribution in [0.25, 0.3) is 0 Å². The molecule has 0 amide bonds. The Balaban J connectivity index is 1.71. The molecule has 1 aliphatic heterocycles. The lowest BCUT2D eigenvalue weighted by molar-refractivity contribution is 0.0109. The monoisotopic (exact) mass is 218 g/mol. The van der Waals surface area contributed by atoms with Crippen LogP contribution in [-0.4, -0.2) is 12.7 Å². The van der Waals surface area contributed by atoms with Crippen molar-refractivity contribution in [2.24, 2.45) is 0 Å². The molecule has 1 heterocycles. The van der Waals surface area contributed by atoms with Crippen LogP contribution in [0.4, 0.5) is 0 Å². The van der Waals surface area contributed by atoms with Crippen molar-refractivity contribution in [3.8, 4) is 0 Å². The average Bonchev–Trinajstić information content (AvgIpc) is 2.33. The quantitative estimate of drug-likeness (QED) is 0.772. The molecule has 1 unspecified atom stereocenters. The lowest BCUT2D eigenvalue weighted by atomic mass is 10.1. The molecule has 16 heavy (non-hydrogen) atoms. The van der Waals surface area contributed by atoms with Crippen molar-refractivity contribution >= 4 is 0 Å². The van der Waals surface area contributed by atoms with Crippen LogP contribution in [0.2, 0.25) is 0 Å². The van der Waals surface area contributed by atoms with Crippen molar-refractivity contribution in [3.63, 3.8) is 0 Å². The minimum Gasteiger partial charge on any atom is -0.496 e. The fourth-order valence-corrected chi connectivity index (χ4v) is 1.70. The van der Waals surface area contributed by atoms with E-state index in [4.69, 9.17) is 9.47 Å². The van der Waals surface area contributed by atoms with Crippen LogP contribution in [0, 0.1) is 6.92 Å². The van der Waals surface area contributed by atoms with E-state index in [2.05, 4.69) is 37.3 Å². The van der Waals surface area contributed by atoms with Crippen LogP contribution in [0.1, 0.15) is 24.0 Å². The van der Waals surface area contributed by atoms with Gasteiger partial charge in [-0.3, -0.25) is 0 Å². The Bertz CT molecular complexity index is 340. The molecular weight excluding hydrogens is 200 g/mol. The molecule has 1 aliphatic rings. The van der Waals surface area contributed by atoms with Crippen LogP contribution in [-0.2, 0) is 16.1 Å². The maximum absolute atomic E-state index is 5.64. The highest BCUT2D eigenvalue weighted by Gasteiger charge is 2.10. The molecule has 0 saturated heterocycles. The van der Waals surface area contributed by atoms with Gasteiger partial charge >= 0.3 is 0 Å². The van der Waals surface area contributed by atoms with Gasteiger partial charge in [0.25, 0.3) is 0 Å². The SMILES string of the molecule is Cc1ccc(COCC2CCC=CO2)cc1. The van der Waals surface area contributed by atoms with Crippen molar-refractivity contribution in [1.82, 2.24) is 0 Å². The fourth-order valence-electron chi connectivity index (χ4n) is 1.70. The molecule has 1 aromatic carbocycles. The van der Waals surface area contributed by atoms with Gasteiger partial charge in [0, 0.05) is 0 Å². The number of hydrogen-bond acceptors (Lipinski definition) is 2. The topological polar surface area (TPSA) is 18.5 Å². The number of aryl methyl sites for hydroxylation is 1. The maximum atomic E-state index is 5.64. The molecule has 2 rings (SSSR count). The highest BCUT2D eigenvalue weighted by molar-refractivity contribution is 5.20. The van der Waals surface area contributed by atoms with Gasteiger partial charge in [0.15, 0.2) is 0 Å². The summed E-state index contributed by atoms with van der Waals surface area (Å²) in [6.07, 6.45) is 6.22. The third-order valence-corrected chi connectivity index (χ3v) is 2.72. The lowest BCUT2D eigenvalue weighted by Crippen LogP contribution is -2.19. The normalized spacial score (nSPS) is 19.4. The van der Waals surface area contributed by atoms with E-state index in [1.807, 2.05) is 0 Å². The second-order valence-electron chi connectivity index (χ2n) is 4.21. The summed E-state index contributed by atoms with van der Waals surface area (Å²) in [5, 5.41) is 0. The van der Waals surface area contributed by atoms with E-state index >= 15 is 0 Å². The van der Waals surface area contributed by atoms with Crippen LogP contribution >= 0.6 is 0 Å². The van der Waals surface area contributed by atoms with Gasteiger partial charge in [0.05, 0.1) is 19.5 Å². The molecule has 86 valence electrons. The van der Waals surface area contributed by atoms with Crippen LogP contribution in [0.5, 0.6) is 0 Å². The van der Waals surface area contributed by atoms with Gasteiger partial charge in [-0.05, 0) is 31.4 Å². The molecule has 0 radical (unpaired) electrons. The first-order valence-corrected chi connectivity index (χ1v) is 5.78. The highest BCUT2D eigenvalue weighted by atomic mass is 16.5. The van der Waals surface area contributed by atoms with Gasteiger partial charge in [0.2, 0.25) is 0 Å². The van der Waals surface area contributed by atoms with E-state index in [0.717, 1.165) is 12.8 Å². The van der Waals surface area contributed by atoms with Gasteiger partial charge in [-0.1, -0.05) is 29.8 Å². The number of ether oxygens (including phenoxy) is 2. The summed E-state index contributed by atoms with van der Waals surface area (Å²) in [6, 6.07) is 8.44. The van der Waals surface area contributed by atoms with Crippen LogP contribution < -0.4 is 0 Å². The van der Waals surface area contributed by atoms with Gasteiger partial charge < -0.3 is 9.47 Å². The van der Waals surface area contributed by atoms with E-state index in [1.165, 1.54) is 11.1 Å². The molecule has 1 aromatic rings. The van der Waals surface area contributed by atoms with Crippen molar-refractivity contribution in [2.75, 3.05) is 6.61 Å². The summed E-state index contributed by atoms with van der Waals surface area (Å²) < 4.78 is 11.1. The summed E-state index contributed by atoms with van der Waals surface area (Å²) in [4.78, 5) is 0. The number of rotatable bonds is 4. The van der Waals surface area contributed by atoms with Crippen LogP contribution in [0.15, 0.2) is 36.6 Å². The van der Waals surface area contributed by atoms with Crippen molar-refractivity contribution in [2.45, 2.75) is 32.5 Å². The first-order chi connectivity index (χ1) is 7.84. The predicted molar refractivity (Wildman–Crippen MR) is 64.1 cm³/mol. The first kappa shape index (κ1) is 11.2. The number of allylic oxidation sites excluding steroid dienone is 1. The van der Waals surface area contributed by atoms with E-state index in [9.17, 15) is 0 Å². The third-order valence-electron chi connectivity index (χ3n) is 2.72. The number of benzene rings is 1. The molecule has 0 N–H and O–H groups in total. The lowest BCUT2D eigenvalue weighted by Gasteiger charge is -2.19. The summed E-state index contributed by atoms with van der Waals surface area (Å²) in [6.45, 7) is 3.44. The Hall–Kier alpha value is -1.28. The molecule has 0 aromatic heterocycles. The largest absolute Gasteiger partial charge is 0.496 e. The molecule has 2 nitrogen and oxygen atoms in total. The van der Waals surface area contributed by atoms with Gasteiger partial charge in [0.1, 0.15) is 6.10 Å². The van der Waals surface area contributed by atoms with Crippen molar-refractivity contribution < 1.29 is 9.47 Å². The van der Waals surface area contributed by atoms with E-state index in [-0.39, 0.29) is 6.10 Å². The van der Waals surface area contributed by atoms with E-state index < -0.39 is 0 Å².